The molecule has 6 heteroatoms. The summed E-state index contributed by atoms with van der Waals surface area (Å²) in [5.74, 6) is -0.796. The summed E-state index contributed by atoms with van der Waals surface area (Å²) < 4.78 is 0. The van der Waals surface area contributed by atoms with Crippen molar-refractivity contribution in [3.05, 3.63) is 52.8 Å². The van der Waals surface area contributed by atoms with Crippen LogP contribution in [0, 0.1) is 0 Å². The van der Waals surface area contributed by atoms with E-state index < -0.39 is 23.4 Å². The van der Waals surface area contributed by atoms with E-state index in [4.69, 9.17) is 10.3 Å². The molecule has 0 bridgehead atoms. The van der Waals surface area contributed by atoms with Gasteiger partial charge >= 0.3 is 0 Å². The number of carbonyl (C=O) groups excluding carboxylic acids is 2. The Morgan fingerprint density at radius 1 is 1.08 bits per heavy atom. The van der Waals surface area contributed by atoms with Gasteiger partial charge in [0.05, 0.1) is 0 Å². The van der Waals surface area contributed by atoms with Gasteiger partial charge < -0.3 is 5.11 Å². The molecular formula is C20H29NO4S. The van der Waals surface area contributed by atoms with Gasteiger partial charge in [-0.3, -0.25) is 14.8 Å². The largest absolute Gasteiger partial charge is 0.386 e. The van der Waals surface area contributed by atoms with Crippen LogP contribution in [-0.4, -0.2) is 27.9 Å². The van der Waals surface area contributed by atoms with Crippen molar-refractivity contribution >= 4 is 27.5 Å². The molecule has 1 amide bonds. The van der Waals surface area contributed by atoms with E-state index in [1.165, 1.54) is 42.3 Å². The van der Waals surface area contributed by atoms with Crippen LogP contribution in [0.25, 0.3) is 5.57 Å². The van der Waals surface area contributed by atoms with E-state index in [1.807, 2.05) is 18.2 Å². The average Bonchev–Trinajstić information content (AvgIpc) is 3.18. The number of amides is 1. The molecule has 1 aliphatic heterocycles. The molecule has 0 saturated carbocycles. The van der Waals surface area contributed by atoms with Crippen LogP contribution in [0.2, 0.25) is 0 Å². The Labute approximate surface area is 158 Å². The quantitative estimate of drug-likeness (QED) is 0.239. The number of rotatable bonds is 8. The highest BCUT2D eigenvalue weighted by Gasteiger charge is 2.14. The fourth-order valence-corrected chi connectivity index (χ4v) is 4.07. The number of benzene rings is 1. The highest BCUT2D eigenvalue weighted by Crippen LogP contribution is 2.41. The third-order valence-corrected chi connectivity index (χ3v) is 5.68. The predicted molar refractivity (Wildman–Crippen MR) is 108 cm³/mol. The Kier molecular flexibility index (Phi) is 11.4. The Hall–Kier alpha value is -1.89. The number of hydrogen-bond acceptors (Lipinski definition) is 4. The van der Waals surface area contributed by atoms with Crippen LogP contribution in [0.15, 0.2) is 47.2 Å². The van der Waals surface area contributed by atoms with E-state index >= 15 is 0 Å². The van der Waals surface area contributed by atoms with Gasteiger partial charge in [-0.05, 0) is 34.4 Å². The zero-order valence-electron chi connectivity index (χ0n) is 15.2. The first-order valence-corrected chi connectivity index (χ1v) is 10.4. The van der Waals surface area contributed by atoms with E-state index in [0.29, 0.717) is 5.12 Å². The number of aliphatic hydroxyl groups excluding tert-OH is 1. The fraction of sp³-hybridized carbons (Fsp3) is 0.400. The number of hydrogen-bond donors (Lipinski definition) is 4. The lowest BCUT2D eigenvalue weighted by Gasteiger charge is -2.08. The lowest BCUT2D eigenvalue weighted by Crippen LogP contribution is -2.21. The van der Waals surface area contributed by atoms with Crippen molar-refractivity contribution in [2.75, 3.05) is 6.61 Å². The van der Waals surface area contributed by atoms with E-state index in [0.717, 1.165) is 12.8 Å². The van der Waals surface area contributed by atoms with Crippen LogP contribution in [0.3, 0.4) is 0 Å². The average molecular weight is 380 g/mol. The third kappa shape index (κ3) is 8.47. The number of aliphatic hydroxyl groups is 1. The topological polar surface area (TPSA) is 86.6 Å². The molecule has 1 atom stereocenters. The van der Waals surface area contributed by atoms with Gasteiger partial charge in [0.2, 0.25) is 0 Å². The van der Waals surface area contributed by atoms with Gasteiger partial charge in [-0.15, -0.1) is 0 Å². The summed E-state index contributed by atoms with van der Waals surface area (Å²) in [5.41, 5.74) is 3.64. The van der Waals surface area contributed by atoms with Gasteiger partial charge in [-0.25, -0.2) is 5.48 Å². The summed E-state index contributed by atoms with van der Waals surface area (Å²) in [6.07, 6.45) is 8.92. The molecule has 0 aliphatic carbocycles. The summed E-state index contributed by atoms with van der Waals surface area (Å²) in [5, 5.41) is 20.0. The van der Waals surface area contributed by atoms with E-state index in [2.05, 4.69) is 35.9 Å². The lowest BCUT2D eigenvalue weighted by molar-refractivity contribution is -0.132. The van der Waals surface area contributed by atoms with Crippen molar-refractivity contribution < 1.29 is 19.9 Å². The van der Waals surface area contributed by atoms with Crippen LogP contribution in [0.4, 0.5) is 0 Å². The molecule has 0 saturated heterocycles. The molecule has 2 rings (SSSR count). The summed E-state index contributed by atoms with van der Waals surface area (Å²) in [6, 6.07) is 10.3. The zero-order valence-corrected chi connectivity index (χ0v) is 16.1. The summed E-state index contributed by atoms with van der Waals surface area (Å²) in [4.78, 5) is 21.8. The minimum Gasteiger partial charge on any atom is -0.386 e. The first kappa shape index (κ1) is 22.2. The number of hydroxylamine groups is 1. The van der Waals surface area contributed by atoms with Crippen molar-refractivity contribution in [2.45, 2.75) is 45.4 Å². The molecule has 1 unspecified atom stereocenters. The highest BCUT2D eigenvalue weighted by molar-refractivity contribution is 8.34. The zero-order chi connectivity index (χ0) is 19.2. The molecule has 1 heterocycles. The van der Waals surface area contributed by atoms with Crippen LogP contribution in [0.1, 0.15) is 51.0 Å². The summed E-state index contributed by atoms with van der Waals surface area (Å²) >= 11 is 0. The van der Waals surface area contributed by atoms with Crippen LogP contribution < -0.4 is 5.48 Å². The smallest absolute Gasteiger partial charge is 0.269 e. The molecule has 1 aromatic rings. The first-order valence-electron chi connectivity index (χ1n) is 8.92. The van der Waals surface area contributed by atoms with Crippen molar-refractivity contribution in [1.29, 1.82) is 0 Å². The second-order valence-electron chi connectivity index (χ2n) is 5.92. The van der Waals surface area contributed by atoms with Gasteiger partial charge in [-0.2, -0.15) is 10.9 Å². The molecule has 0 fully saturated rings. The molecule has 1 aromatic carbocycles. The number of carbonyl (C=O) groups is 2. The van der Waals surface area contributed by atoms with Gasteiger partial charge in [-0.1, -0.05) is 62.9 Å². The Morgan fingerprint density at radius 2 is 1.77 bits per heavy atom. The molecule has 3 N–H and O–H groups in total. The monoisotopic (exact) mass is 379 g/mol. The molecule has 26 heavy (non-hydrogen) atoms. The molecule has 0 spiro atoms. The van der Waals surface area contributed by atoms with E-state index in [1.54, 1.807) is 0 Å². The van der Waals surface area contributed by atoms with Crippen LogP contribution >= 0.6 is 10.9 Å². The number of unbranched alkanes of at least 4 members (excludes halogenated alkanes) is 4. The second-order valence-corrected chi connectivity index (χ2v) is 7.79. The number of nitrogens with one attached hydrogen (secondary N) is 1. The third-order valence-electron chi connectivity index (χ3n) is 3.85. The minimum atomic E-state index is -0.796. The summed E-state index contributed by atoms with van der Waals surface area (Å²) in [6.45, 7) is 1.55. The minimum absolute atomic E-state index is 0.429. The maximum atomic E-state index is 12.2. The number of allylic oxidation sites excluding steroid dienone is 2. The molecule has 144 valence electrons. The van der Waals surface area contributed by atoms with Crippen LogP contribution in [0.5, 0.6) is 0 Å². The maximum Gasteiger partial charge on any atom is 0.269 e. The molecule has 5 nitrogen and oxygen atoms in total. The van der Waals surface area contributed by atoms with Crippen LogP contribution in [-0.2, 0) is 9.59 Å². The van der Waals surface area contributed by atoms with Crippen molar-refractivity contribution in [2.24, 2.45) is 0 Å². The SMILES string of the molecule is CCCCCCCC(=O)[SH]1C=CC(c2ccccc2)=C1.O=C(CO)NO. The Bertz CT molecular complexity index is 607. The second kappa shape index (κ2) is 13.3. The standard InChI is InChI=1S/C18H24OS.C2H5NO3/c1-2-3-4-5-9-12-18(19)20-14-13-17(15-20)16-10-7-6-8-11-16;4-1-2(5)3-6/h6-8,10-11,13-15,20H,2-5,9,12H2,1H3;4,6H,1H2,(H,3,5). The fourth-order valence-electron chi connectivity index (χ4n) is 2.40. The molecule has 0 aromatic heterocycles. The highest BCUT2D eigenvalue weighted by atomic mass is 32.2. The van der Waals surface area contributed by atoms with Gasteiger partial charge in [0, 0.05) is 6.42 Å². The van der Waals surface area contributed by atoms with Gasteiger partial charge in [0.25, 0.3) is 5.91 Å². The Balaban J connectivity index is 0.000000487. The van der Waals surface area contributed by atoms with Gasteiger partial charge in [0.15, 0.2) is 5.12 Å². The summed E-state index contributed by atoms with van der Waals surface area (Å²) in [7, 11) is -0.675. The Morgan fingerprint density at radius 3 is 2.35 bits per heavy atom. The lowest BCUT2D eigenvalue weighted by atomic mass is 10.1. The predicted octanol–water partition coefficient (Wildman–Crippen LogP) is 3.93. The van der Waals surface area contributed by atoms with E-state index in [9.17, 15) is 9.59 Å². The van der Waals surface area contributed by atoms with E-state index in [-0.39, 0.29) is 0 Å². The normalized spacial score (nSPS) is 16.4. The molecule has 0 radical (unpaired) electrons. The number of thiol groups is 1. The van der Waals surface area contributed by atoms with Crippen molar-refractivity contribution in [3.8, 4) is 0 Å². The van der Waals surface area contributed by atoms with Gasteiger partial charge in [0.1, 0.15) is 6.61 Å². The van der Waals surface area contributed by atoms with Crippen molar-refractivity contribution in [3.63, 3.8) is 0 Å². The maximum absolute atomic E-state index is 12.2. The molecular weight excluding hydrogens is 350 g/mol. The van der Waals surface area contributed by atoms with Crippen molar-refractivity contribution in [1.82, 2.24) is 5.48 Å². The first-order chi connectivity index (χ1) is 12.6. The molecule has 1 aliphatic rings.